The molecule has 9 N–H and O–H groups in total. The lowest BCUT2D eigenvalue weighted by atomic mass is 9.99. The third-order valence-electron chi connectivity index (χ3n) is 18.3. The highest BCUT2D eigenvalue weighted by Crippen LogP contribution is 2.40. The molecule has 0 fully saturated rings. The van der Waals surface area contributed by atoms with E-state index in [0.717, 1.165) is 53.0 Å². The molecule has 9 rings (SSSR count). The number of imidazole rings is 3. The highest BCUT2D eigenvalue weighted by molar-refractivity contribution is 7.15. The molecule has 1 aliphatic rings. The van der Waals surface area contributed by atoms with Crippen molar-refractivity contribution in [2.45, 2.75) is 71.8 Å². The maximum atomic E-state index is 13.3. The van der Waals surface area contributed by atoms with Crippen molar-refractivity contribution in [1.82, 2.24) is 84.0 Å². The quantitative estimate of drug-likeness (QED) is 0.0239. The molecular formula is C77H105ClN22O16S. The van der Waals surface area contributed by atoms with E-state index in [1.807, 2.05) is 38.2 Å². The Hall–Kier alpha value is -10.9. The summed E-state index contributed by atoms with van der Waals surface area (Å²) in [4.78, 5) is 137. The minimum absolute atomic E-state index is 0.0000275. The van der Waals surface area contributed by atoms with Gasteiger partial charge in [0.1, 0.15) is 28.3 Å². The number of hydrogen-bond acceptors (Lipinski definition) is 24. The molecule has 9 amide bonds. The highest BCUT2D eigenvalue weighted by Gasteiger charge is 2.32. The van der Waals surface area contributed by atoms with Gasteiger partial charge in [-0.1, -0.05) is 23.7 Å². The van der Waals surface area contributed by atoms with Crippen molar-refractivity contribution in [2.24, 2.45) is 40.2 Å². The zero-order valence-electron chi connectivity index (χ0n) is 67.4. The minimum Gasteiger partial charge on any atom is -0.379 e. The van der Waals surface area contributed by atoms with Crippen LogP contribution < -0.4 is 47.9 Å². The van der Waals surface area contributed by atoms with Crippen LogP contribution in [0.15, 0.2) is 78.6 Å². The number of carbonyl (C=O) groups excluding carboxylic acids is 9. The average molecular weight is 1660 g/mol. The standard InChI is InChI=1S/C77H105ClN22O16S/c1-50-51(2)117-77-66(50)67(53-12-14-54(78)15-13-53)87-57(68-93-92-52(3)100(68)77)19-30-110-32-34-112-36-38-114-40-42-116-43-41-115-39-37-113-35-33-111-31-20-63(102)80-22-11-28-94(4)27-10-21-79-62(101)16-23-84-74(107)70-90-60(48-98(70)8)88-64(103)17-24-83-73(106)59-45-56(47-97(59)7)86-76(109)71-91-61(49-99(71)9)89-65(104)18-25-82-72(105)58-44-55(46-96(58)6)85-75(108)69-81-26-29-95(69)5/h12-15,26,29,44-49,57H,10-11,16-25,27-28,30-43H2,1-9H3,(H,79,101)(H,80,102)(H,82,105)(H,83,106)(H,84,107)(H,85,108)(H,86,109)(H,88,103)(H,89,104). The fraction of sp³-hybridized carbons (Fsp3) is 0.494. The second-order valence-electron chi connectivity index (χ2n) is 27.4. The number of halogens is 1. The van der Waals surface area contributed by atoms with Crippen molar-refractivity contribution in [2.75, 3.05) is 167 Å². The van der Waals surface area contributed by atoms with Gasteiger partial charge in [0.25, 0.3) is 29.5 Å². The maximum absolute atomic E-state index is 13.3. The summed E-state index contributed by atoms with van der Waals surface area (Å²) in [5.74, 6) is -2.01. The second kappa shape index (κ2) is 46.2. The van der Waals surface area contributed by atoms with Gasteiger partial charge in [-0.3, -0.25) is 52.7 Å². The number of aliphatic imine (C=N–C) groups is 1. The number of carbonyl (C=O) groups is 9. The molecule has 7 aromatic heterocycles. The van der Waals surface area contributed by atoms with E-state index < -0.39 is 41.4 Å². The Morgan fingerprint density at radius 2 is 0.940 bits per heavy atom. The summed E-state index contributed by atoms with van der Waals surface area (Å²) in [5.41, 5.74) is 5.26. The summed E-state index contributed by atoms with van der Waals surface area (Å²) in [6, 6.07) is 10.5. The number of aromatic nitrogens is 11. The summed E-state index contributed by atoms with van der Waals surface area (Å²) < 4.78 is 49.2. The van der Waals surface area contributed by atoms with E-state index in [9.17, 15) is 43.2 Å². The van der Waals surface area contributed by atoms with Gasteiger partial charge in [-0.25, -0.2) is 15.0 Å². The first kappa shape index (κ1) is 90.0. The normalized spacial score (nSPS) is 12.4. The molecular weight excluding hydrogens is 1560 g/mol. The van der Waals surface area contributed by atoms with Gasteiger partial charge in [0.15, 0.2) is 23.3 Å². The first-order chi connectivity index (χ1) is 56.4. The molecule has 0 aliphatic carbocycles. The number of nitrogens with one attached hydrogen (secondary N) is 9. The Balaban J connectivity index is 0.508. The number of aryl methyl sites for hydroxylation is 7. The van der Waals surface area contributed by atoms with E-state index in [1.165, 1.54) is 65.6 Å². The zero-order valence-corrected chi connectivity index (χ0v) is 69.0. The summed E-state index contributed by atoms with van der Waals surface area (Å²) in [7, 11) is 10.0. The molecule has 0 bridgehead atoms. The van der Waals surface area contributed by atoms with Crippen molar-refractivity contribution in [3.63, 3.8) is 0 Å². The third-order valence-corrected chi connectivity index (χ3v) is 19.7. The molecule has 0 radical (unpaired) electrons. The molecule has 632 valence electrons. The van der Waals surface area contributed by atoms with Crippen LogP contribution in [0.1, 0.15) is 137 Å². The molecule has 38 nitrogen and oxygen atoms in total. The van der Waals surface area contributed by atoms with Crippen LogP contribution in [0.4, 0.5) is 23.0 Å². The Labute approximate surface area is 686 Å². The molecule has 1 atom stereocenters. The van der Waals surface area contributed by atoms with Crippen LogP contribution in [0.2, 0.25) is 5.02 Å². The Bertz CT molecular complexity index is 4690. The van der Waals surface area contributed by atoms with Crippen LogP contribution in [-0.4, -0.2) is 262 Å². The van der Waals surface area contributed by atoms with E-state index in [4.69, 9.17) is 49.8 Å². The molecule has 1 aromatic carbocycles. The van der Waals surface area contributed by atoms with Crippen molar-refractivity contribution in [3.05, 3.63) is 141 Å². The van der Waals surface area contributed by atoms with E-state index in [2.05, 4.69) is 96.3 Å². The van der Waals surface area contributed by atoms with Crippen molar-refractivity contribution in [1.29, 1.82) is 0 Å². The van der Waals surface area contributed by atoms with E-state index in [0.29, 0.717) is 123 Å². The zero-order chi connectivity index (χ0) is 83.8. The lowest BCUT2D eigenvalue weighted by Gasteiger charge is -2.16. The fourth-order valence-corrected chi connectivity index (χ4v) is 13.4. The minimum atomic E-state index is -0.638. The van der Waals surface area contributed by atoms with Gasteiger partial charge in [-0.2, -0.15) is 0 Å². The van der Waals surface area contributed by atoms with Gasteiger partial charge >= 0.3 is 0 Å². The summed E-state index contributed by atoms with van der Waals surface area (Å²) in [6.07, 6.45) is 11.2. The number of anilines is 4. The van der Waals surface area contributed by atoms with Crippen molar-refractivity contribution >= 4 is 105 Å². The number of hydrogen-bond donors (Lipinski definition) is 9. The Morgan fingerprint density at radius 3 is 1.44 bits per heavy atom. The fourth-order valence-electron chi connectivity index (χ4n) is 12.1. The van der Waals surface area contributed by atoms with Crippen molar-refractivity contribution < 1.29 is 76.3 Å². The smallest absolute Gasteiger partial charge is 0.291 e. The van der Waals surface area contributed by atoms with Crippen LogP contribution in [0.25, 0.3) is 5.00 Å². The predicted molar refractivity (Wildman–Crippen MR) is 435 cm³/mol. The SMILES string of the molecule is Cc1sc2c(c1C)C(c1ccc(Cl)cc1)=NC(CCOCCOCCOCCOCCOCCOCCOCCC(=O)NCCCN(C)CCCNC(=O)CCNC(=O)c1nc(NC(=O)CCNC(=O)c3cc(NC(=O)c4nc(NC(=O)CCNC(=O)c5cc(NC(=O)c6nccn6C)cn5C)cn4C)cn3C)cn1C)c1nnc(C)n1-2. The molecule has 8 heterocycles. The third kappa shape index (κ3) is 27.9. The number of fused-ring (bicyclic) bond motifs is 3. The lowest BCUT2D eigenvalue weighted by molar-refractivity contribution is -0.122. The van der Waals surface area contributed by atoms with Crippen LogP contribution in [0, 0.1) is 20.8 Å². The maximum Gasteiger partial charge on any atom is 0.291 e. The average Bonchev–Trinajstić information content (AvgIpc) is 1.59. The number of nitrogens with zero attached hydrogens (tertiary/aromatic N) is 13. The van der Waals surface area contributed by atoms with Gasteiger partial charge in [0, 0.05) is 165 Å². The number of benzene rings is 1. The summed E-state index contributed by atoms with van der Waals surface area (Å²) in [6.45, 7) is 14.4. The molecule has 40 heteroatoms. The van der Waals surface area contributed by atoms with Crippen molar-refractivity contribution in [3.8, 4) is 5.00 Å². The first-order valence-electron chi connectivity index (χ1n) is 38.5. The summed E-state index contributed by atoms with van der Waals surface area (Å²) >= 11 is 7.98. The predicted octanol–water partition coefficient (Wildman–Crippen LogP) is 4.36. The molecule has 8 aromatic rings. The Kier molecular flexibility index (Phi) is 35.5. The van der Waals surface area contributed by atoms with E-state index in [1.54, 1.807) is 63.5 Å². The monoisotopic (exact) mass is 1660 g/mol. The largest absolute Gasteiger partial charge is 0.379 e. The number of thiophene rings is 1. The highest BCUT2D eigenvalue weighted by atomic mass is 35.5. The van der Waals surface area contributed by atoms with Crippen LogP contribution >= 0.6 is 22.9 Å². The van der Waals surface area contributed by atoms with Crippen LogP contribution in [-0.2, 0) is 87.6 Å². The van der Waals surface area contributed by atoms with Gasteiger partial charge in [0.05, 0.1) is 103 Å². The molecule has 117 heavy (non-hydrogen) atoms. The molecule has 0 saturated heterocycles. The Morgan fingerprint density at radius 1 is 0.487 bits per heavy atom. The van der Waals surface area contributed by atoms with Gasteiger partial charge in [-0.15, -0.1) is 21.5 Å². The summed E-state index contributed by atoms with van der Waals surface area (Å²) in [5, 5.41) is 35.2. The van der Waals surface area contributed by atoms with Gasteiger partial charge in [-0.05, 0) is 83.6 Å². The second-order valence-corrected chi connectivity index (χ2v) is 29.0. The number of rotatable bonds is 51. The topological polar surface area (TPSA) is 436 Å². The molecule has 0 spiro atoms. The van der Waals surface area contributed by atoms with E-state index in [-0.39, 0.29) is 116 Å². The number of amides is 9. The molecule has 1 unspecified atom stereocenters. The van der Waals surface area contributed by atoms with Crippen LogP contribution in [0.5, 0.6) is 0 Å². The lowest BCUT2D eigenvalue weighted by Crippen LogP contribution is -2.33. The van der Waals surface area contributed by atoms with Gasteiger partial charge in [0.2, 0.25) is 35.3 Å². The first-order valence-corrected chi connectivity index (χ1v) is 39.7. The number of ether oxygens (including phenoxy) is 7. The van der Waals surface area contributed by atoms with Gasteiger partial charge < -0.3 is 109 Å². The van der Waals surface area contributed by atoms with Crippen LogP contribution in [0.3, 0.4) is 0 Å². The van der Waals surface area contributed by atoms with E-state index >= 15 is 0 Å². The molecule has 0 saturated carbocycles. The molecule has 1 aliphatic heterocycles.